The maximum Gasteiger partial charge on any atom is 0.290 e. The Hall–Kier alpha value is -3.80. The van der Waals surface area contributed by atoms with Gasteiger partial charge in [-0.05, 0) is 60.9 Å². The summed E-state index contributed by atoms with van der Waals surface area (Å²) in [5, 5.41) is 0.465. The molecule has 31 heavy (non-hydrogen) atoms. The summed E-state index contributed by atoms with van der Waals surface area (Å²) < 4.78 is 16.6. The summed E-state index contributed by atoms with van der Waals surface area (Å²) in [4.78, 5) is 27.7. The molecule has 0 unspecified atom stereocenters. The van der Waals surface area contributed by atoms with Crippen molar-refractivity contribution in [3.63, 3.8) is 0 Å². The van der Waals surface area contributed by atoms with Gasteiger partial charge in [-0.3, -0.25) is 9.59 Å². The molecule has 0 N–H and O–H groups in total. The first kappa shape index (κ1) is 20.5. The van der Waals surface area contributed by atoms with Gasteiger partial charge < -0.3 is 18.5 Å². The fraction of sp³-hybridized carbons (Fsp3) is 0.200. The third-order valence-electron chi connectivity index (χ3n) is 5.37. The van der Waals surface area contributed by atoms with Crippen molar-refractivity contribution in [2.24, 2.45) is 0 Å². The summed E-state index contributed by atoms with van der Waals surface area (Å²) >= 11 is 0. The summed E-state index contributed by atoms with van der Waals surface area (Å²) in [6.45, 7) is 4.38. The van der Waals surface area contributed by atoms with E-state index in [1.54, 1.807) is 36.5 Å². The van der Waals surface area contributed by atoms with Crippen molar-refractivity contribution in [1.82, 2.24) is 4.90 Å². The summed E-state index contributed by atoms with van der Waals surface area (Å²) in [6.07, 6.45) is 1.56. The quantitative estimate of drug-likeness (QED) is 0.448. The largest absolute Gasteiger partial charge is 0.497 e. The average Bonchev–Trinajstić information content (AvgIpc) is 3.29. The Morgan fingerprint density at radius 1 is 1.03 bits per heavy atom. The standard InChI is InChI=1S/C25H23NO5/c1-16-6-11-21-22(27)13-23(31-24(21)17(16)2)25(28)26(15-20-5-4-12-30-20)14-18-7-9-19(29-3)10-8-18/h4-13H,14-15H2,1-3H3. The second-order valence-corrected chi connectivity index (χ2v) is 7.45. The fourth-order valence-electron chi connectivity index (χ4n) is 3.45. The number of carbonyl (C=O) groups is 1. The SMILES string of the molecule is COc1ccc(CN(Cc2ccco2)C(=O)c2cc(=O)c3ccc(C)c(C)c3o2)cc1. The first-order valence-corrected chi connectivity index (χ1v) is 9.95. The van der Waals surface area contributed by atoms with Crippen molar-refractivity contribution in [3.05, 3.63) is 99.3 Å². The molecule has 6 heteroatoms. The van der Waals surface area contributed by atoms with Crippen LogP contribution in [0.5, 0.6) is 5.75 Å². The van der Waals surface area contributed by atoms with Crippen molar-refractivity contribution in [2.75, 3.05) is 7.11 Å². The Labute approximate surface area is 179 Å². The second kappa shape index (κ2) is 8.52. The molecule has 0 fully saturated rings. The highest BCUT2D eigenvalue weighted by Gasteiger charge is 2.22. The number of hydrogen-bond acceptors (Lipinski definition) is 5. The molecule has 0 saturated heterocycles. The molecule has 0 bridgehead atoms. The molecule has 0 radical (unpaired) electrons. The van der Waals surface area contributed by atoms with Gasteiger partial charge in [0.05, 0.1) is 25.3 Å². The number of amides is 1. The summed E-state index contributed by atoms with van der Waals surface area (Å²) in [7, 11) is 1.60. The monoisotopic (exact) mass is 417 g/mol. The number of furan rings is 1. The van der Waals surface area contributed by atoms with Crippen molar-refractivity contribution in [1.29, 1.82) is 0 Å². The number of rotatable bonds is 6. The Bertz CT molecular complexity index is 1270. The van der Waals surface area contributed by atoms with E-state index in [1.807, 2.05) is 44.2 Å². The van der Waals surface area contributed by atoms with Gasteiger partial charge in [0.1, 0.15) is 17.1 Å². The van der Waals surface area contributed by atoms with Gasteiger partial charge in [0.25, 0.3) is 5.91 Å². The maximum atomic E-state index is 13.4. The van der Waals surface area contributed by atoms with Crippen LogP contribution in [-0.2, 0) is 13.1 Å². The van der Waals surface area contributed by atoms with Gasteiger partial charge in [-0.2, -0.15) is 0 Å². The topological polar surface area (TPSA) is 72.9 Å². The van der Waals surface area contributed by atoms with E-state index in [0.29, 0.717) is 23.3 Å². The molecule has 6 nitrogen and oxygen atoms in total. The highest BCUT2D eigenvalue weighted by atomic mass is 16.5. The van der Waals surface area contributed by atoms with E-state index in [4.69, 9.17) is 13.6 Å². The first-order chi connectivity index (χ1) is 15.0. The van der Waals surface area contributed by atoms with Crippen LogP contribution in [0.2, 0.25) is 0 Å². The summed E-state index contributed by atoms with van der Waals surface area (Å²) in [5.41, 5.74) is 2.95. The van der Waals surface area contributed by atoms with Crippen LogP contribution in [0, 0.1) is 13.8 Å². The van der Waals surface area contributed by atoms with Gasteiger partial charge in [-0.1, -0.05) is 18.2 Å². The molecular formula is C25H23NO5. The maximum absolute atomic E-state index is 13.4. The number of hydrogen-bond donors (Lipinski definition) is 0. The zero-order valence-electron chi connectivity index (χ0n) is 17.7. The van der Waals surface area contributed by atoms with Crippen LogP contribution >= 0.6 is 0 Å². The normalized spacial score (nSPS) is 10.9. The zero-order chi connectivity index (χ0) is 22.0. The number of methoxy groups -OCH3 is 1. The van der Waals surface area contributed by atoms with E-state index in [9.17, 15) is 9.59 Å². The Balaban J connectivity index is 1.72. The third kappa shape index (κ3) is 4.23. The van der Waals surface area contributed by atoms with Crippen LogP contribution in [0.1, 0.15) is 33.0 Å². The van der Waals surface area contributed by atoms with Gasteiger partial charge in [0.15, 0.2) is 11.2 Å². The molecule has 4 rings (SSSR count). The highest BCUT2D eigenvalue weighted by molar-refractivity contribution is 5.93. The smallest absolute Gasteiger partial charge is 0.290 e. The minimum Gasteiger partial charge on any atom is -0.497 e. The molecule has 2 aromatic carbocycles. The Morgan fingerprint density at radius 3 is 2.48 bits per heavy atom. The van der Waals surface area contributed by atoms with Crippen LogP contribution in [0.25, 0.3) is 11.0 Å². The van der Waals surface area contributed by atoms with Crippen molar-refractivity contribution < 1.29 is 18.4 Å². The minimum atomic E-state index is -0.382. The molecule has 0 aliphatic carbocycles. The number of benzene rings is 2. The predicted molar refractivity (Wildman–Crippen MR) is 117 cm³/mol. The molecule has 0 spiro atoms. The molecule has 2 heterocycles. The minimum absolute atomic E-state index is 0.00580. The van der Waals surface area contributed by atoms with Crippen molar-refractivity contribution >= 4 is 16.9 Å². The molecule has 0 aliphatic heterocycles. The van der Waals surface area contributed by atoms with Gasteiger partial charge in [-0.15, -0.1) is 0 Å². The molecule has 158 valence electrons. The molecule has 4 aromatic rings. The van der Waals surface area contributed by atoms with Crippen LogP contribution < -0.4 is 10.2 Å². The third-order valence-corrected chi connectivity index (χ3v) is 5.37. The lowest BCUT2D eigenvalue weighted by Gasteiger charge is -2.21. The average molecular weight is 417 g/mol. The Kier molecular flexibility index (Phi) is 5.62. The van der Waals surface area contributed by atoms with Crippen LogP contribution in [0.4, 0.5) is 0 Å². The number of ether oxygens (including phenoxy) is 1. The van der Waals surface area contributed by atoms with Crippen LogP contribution in [0.3, 0.4) is 0 Å². The van der Waals surface area contributed by atoms with E-state index in [2.05, 4.69) is 0 Å². The Morgan fingerprint density at radius 2 is 1.81 bits per heavy atom. The molecule has 0 aliphatic rings. The predicted octanol–water partition coefficient (Wildman–Crippen LogP) is 4.85. The van der Waals surface area contributed by atoms with Crippen molar-refractivity contribution in [3.8, 4) is 5.75 Å². The first-order valence-electron chi connectivity index (χ1n) is 9.95. The number of nitrogens with zero attached hydrogens (tertiary/aromatic N) is 1. The van der Waals surface area contributed by atoms with E-state index >= 15 is 0 Å². The lowest BCUT2D eigenvalue weighted by Crippen LogP contribution is -2.30. The van der Waals surface area contributed by atoms with Crippen LogP contribution in [0.15, 0.2) is 74.5 Å². The summed E-state index contributed by atoms with van der Waals surface area (Å²) in [6, 6.07) is 15.9. The molecule has 0 saturated carbocycles. The highest BCUT2D eigenvalue weighted by Crippen LogP contribution is 2.22. The van der Waals surface area contributed by atoms with E-state index in [-0.39, 0.29) is 23.6 Å². The summed E-state index contributed by atoms with van der Waals surface area (Å²) in [5.74, 6) is 0.995. The second-order valence-electron chi connectivity index (χ2n) is 7.45. The van der Waals surface area contributed by atoms with Gasteiger partial charge >= 0.3 is 0 Å². The van der Waals surface area contributed by atoms with E-state index in [0.717, 1.165) is 22.4 Å². The molecule has 2 aromatic heterocycles. The fourth-order valence-corrected chi connectivity index (χ4v) is 3.45. The van der Waals surface area contributed by atoms with Crippen LogP contribution in [-0.4, -0.2) is 17.9 Å². The molecule has 0 atom stereocenters. The van der Waals surface area contributed by atoms with Gasteiger partial charge in [-0.25, -0.2) is 0 Å². The lowest BCUT2D eigenvalue weighted by atomic mass is 10.1. The van der Waals surface area contributed by atoms with Gasteiger partial charge in [0.2, 0.25) is 0 Å². The number of aryl methyl sites for hydroxylation is 2. The molecule has 1 amide bonds. The van der Waals surface area contributed by atoms with E-state index in [1.165, 1.54) is 6.07 Å². The zero-order valence-corrected chi connectivity index (χ0v) is 17.7. The molecular weight excluding hydrogens is 394 g/mol. The van der Waals surface area contributed by atoms with E-state index < -0.39 is 0 Å². The number of carbonyl (C=O) groups excluding carboxylic acids is 1. The van der Waals surface area contributed by atoms with Gasteiger partial charge in [0, 0.05) is 12.6 Å². The number of fused-ring (bicyclic) bond motifs is 1. The lowest BCUT2D eigenvalue weighted by molar-refractivity contribution is 0.0686. The van der Waals surface area contributed by atoms with Crippen molar-refractivity contribution in [2.45, 2.75) is 26.9 Å².